The van der Waals surface area contributed by atoms with Gasteiger partial charge in [0.2, 0.25) is 0 Å². The van der Waals surface area contributed by atoms with E-state index in [9.17, 15) is 19.7 Å². The molecule has 0 aliphatic heterocycles. The van der Waals surface area contributed by atoms with E-state index in [1.165, 1.54) is 22.8 Å². The van der Waals surface area contributed by atoms with Gasteiger partial charge in [-0.1, -0.05) is 0 Å². The first kappa shape index (κ1) is 13.0. The van der Waals surface area contributed by atoms with Crippen LogP contribution in [-0.4, -0.2) is 14.1 Å². The number of nitrogens with zero attached hydrogens (tertiary/aromatic N) is 3. The number of nitro benzene ring substituents is 1. The summed E-state index contributed by atoms with van der Waals surface area (Å²) in [6.07, 6.45) is 0. The lowest BCUT2D eigenvalue weighted by molar-refractivity contribution is -0.384. The molecule has 1 aromatic carbocycles. The Labute approximate surface area is 107 Å². The highest BCUT2D eigenvalue weighted by molar-refractivity contribution is 5.80. The Bertz CT molecular complexity index is 773. The molecule has 2 rings (SSSR count). The molecular weight excluding hydrogens is 250 g/mol. The van der Waals surface area contributed by atoms with Crippen molar-refractivity contribution < 1.29 is 4.92 Å². The van der Waals surface area contributed by atoms with E-state index in [-0.39, 0.29) is 17.6 Å². The second-order valence-electron chi connectivity index (χ2n) is 4.03. The number of aryl methyl sites for hydroxylation is 1. The average molecular weight is 263 g/mol. The van der Waals surface area contributed by atoms with Crippen molar-refractivity contribution in [2.75, 3.05) is 0 Å². The average Bonchev–Trinajstić information content (AvgIpc) is 2.39. The molecule has 0 aliphatic carbocycles. The van der Waals surface area contributed by atoms with Crippen molar-refractivity contribution in [3.63, 3.8) is 0 Å². The summed E-state index contributed by atoms with van der Waals surface area (Å²) in [7, 11) is 0. The molecule has 7 nitrogen and oxygen atoms in total. The molecule has 0 atom stereocenters. The Balaban J connectivity index is 3.00. The fraction of sp³-hybridized carbons (Fsp3) is 0.333. The van der Waals surface area contributed by atoms with Crippen LogP contribution < -0.4 is 11.2 Å². The number of hydrogen-bond acceptors (Lipinski definition) is 4. The fourth-order valence-corrected chi connectivity index (χ4v) is 2.11. The van der Waals surface area contributed by atoms with Crippen molar-refractivity contribution in [2.45, 2.75) is 26.9 Å². The van der Waals surface area contributed by atoms with Gasteiger partial charge in [0.1, 0.15) is 0 Å². The van der Waals surface area contributed by atoms with Gasteiger partial charge >= 0.3 is 5.69 Å². The van der Waals surface area contributed by atoms with Crippen molar-refractivity contribution in [3.05, 3.63) is 49.2 Å². The van der Waals surface area contributed by atoms with Crippen LogP contribution in [0, 0.1) is 10.1 Å². The molecule has 0 amide bonds. The molecule has 0 unspecified atom stereocenters. The van der Waals surface area contributed by atoms with E-state index in [2.05, 4.69) is 0 Å². The smallest absolute Gasteiger partial charge is 0.293 e. The third-order valence-corrected chi connectivity index (χ3v) is 3.05. The molecule has 1 aromatic heterocycles. The standard InChI is InChI=1S/C12H13N3O4/c1-3-13-10-6-5-8(15(18)19)7-9(10)11(16)14(4-2)12(13)17/h5-7H,3-4H2,1-2H3. The Morgan fingerprint density at radius 2 is 1.79 bits per heavy atom. The summed E-state index contributed by atoms with van der Waals surface area (Å²) in [6, 6.07) is 3.96. The molecule has 1 heterocycles. The zero-order chi connectivity index (χ0) is 14.2. The number of hydrogen-bond donors (Lipinski definition) is 0. The summed E-state index contributed by atoms with van der Waals surface area (Å²) in [6.45, 7) is 4.10. The van der Waals surface area contributed by atoms with Crippen molar-refractivity contribution in [1.82, 2.24) is 9.13 Å². The molecule has 0 radical (unpaired) electrons. The van der Waals surface area contributed by atoms with Crippen LogP contribution in [0.25, 0.3) is 10.9 Å². The number of rotatable bonds is 3. The maximum absolute atomic E-state index is 12.2. The van der Waals surface area contributed by atoms with Gasteiger partial charge in [0.05, 0.1) is 15.8 Å². The largest absolute Gasteiger partial charge is 0.331 e. The second-order valence-corrected chi connectivity index (χ2v) is 4.03. The summed E-state index contributed by atoms with van der Waals surface area (Å²) >= 11 is 0. The van der Waals surface area contributed by atoms with E-state index in [1.807, 2.05) is 0 Å². The number of non-ortho nitro benzene ring substituents is 1. The fourth-order valence-electron chi connectivity index (χ4n) is 2.11. The third-order valence-electron chi connectivity index (χ3n) is 3.05. The van der Waals surface area contributed by atoms with E-state index in [4.69, 9.17) is 0 Å². The van der Waals surface area contributed by atoms with Crippen molar-refractivity contribution in [1.29, 1.82) is 0 Å². The molecule has 0 saturated heterocycles. The highest BCUT2D eigenvalue weighted by atomic mass is 16.6. The van der Waals surface area contributed by atoms with Gasteiger partial charge in [-0.25, -0.2) is 4.79 Å². The van der Waals surface area contributed by atoms with Gasteiger partial charge in [0, 0.05) is 25.2 Å². The normalized spacial score (nSPS) is 10.8. The third kappa shape index (κ3) is 1.92. The molecule has 19 heavy (non-hydrogen) atoms. The van der Waals surface area contributed by atoms with E-state index < -0.39 is 16.2 Å². The Morgan fingerprint density at radius 1 is 1.16 bits per heavy atom. The molecule has 0 fully saturated rings. The van der Waals surface area contributed by atoms with Gasteiger partial charge in [-0.2, -0.15) is 0 Å². The van der Waals surface area contributed by atoms with Crippen LogP contribution in [0.2, 0.25) is 0 Å². The minimum Gasteiger partial charge on any atom is -0.293 e. The predicted molar refractivity (Wildman–Crippen MR) is 70.5 cm³/mol. The highest BCUT2D eigenvalue weighted by Gasteiger charge is 2.14. The topological polar surface area (TPSA) is 87.1 Å². The number of benzene rings is 1. The predicted octanol–water partition coefficient (Wildman–Crippen LogP) is 1.11. The lowest BCUT2D eigenvalue weighted by atomic mass is 10.2. The lowest BCUT2D eigenvalue weighted by Gasteiger charge is -2.10. The first-order chi connectivity index (χ1) is 9.01. The molecule has 0 saturated carbocycles. The van der Waals surface area contributed by atoms with Gasteiger partial charge in [-0.3, -0.25) is 24.0 Å². The minimum atomic E-state index is -0.559. The second kappa shape index (κ2) is 4.68. The van der Waals surface area contributed by atoms with Crippen LogP contribution in [-0.2, 0) is 13.1 Å². The summed E-state index contributed by atoms with van der Waals surface area (Å²) < 4.78 is 2.51. The van der Waals surface area contributed by atoms with E-state index in [1.54, 1.807) is 13.8 Å². The minimum absolute atomic E-state index is 0.159. The Kier molecular flexibility index (Phi) is 3.20. The van der Waals surface area contributed by atoms with Crippen molar-refractivity contribution in [3.8, 4) is 0 Å². The molecule has 0 aliphatic rings. The van der Waals surface area contributed by atoms with E-state index >= 15 is 0 Å². The summed E-state index contributed by atoms with van der Waals surface area (Å²) in [4.78, 5) is 34.4. The lowest BCUT2D eigenvalue weighted by Crippen LogP contribution is -2.39. The maximum atomic E-state index is 12.2. The molecule has 2 aromatic rings. The SMILES string of the molecule is CCn1c(=O)c2cc([N+](=O)[O-])ccc2n(CC)c1=O. The van der Waals surface area contributed by atoms with Crippen molar-refractivity contribution >= 4 is 16.6 Å². The van der Waals surface area contributed by atoms with Crippen molar-refractivity contribution in [2.24, 2.45) is 0 Å². The molecule has 0 bridgehead atoms. The summed E-state index contributed by atoms with van der Waals surface area (Å²) in [5.74, 6) is 0. The van der Waals surface area contributed by atoms with Crippen LogP contribution in [0.4, 0.5) is 5.69 Å². The zero-order valence-electron chi connectivity index (χ0n) is 10.6. The van der Waals surface area contributed by atoms with Crippen LogP contribution in [0.5, 0.6) is 0 Å². The van der Waals surface area contributed by atoms with Gasteiger partial charge < -0.3 is 0 Å². The maximum Gasteiger partial charge on any atom is 0.331 e. The van der Waals surface area contributed by atoms with E-state index in [0.717, 1.165) is 4.57 Å². The van der Waals surface area contributed by atoms with Crippen LogP contribution in [0.3, 0.4) is 0 Å². The quantitative estimate of drug-likeness (QED) is 0.613. The number of aromatic nitrogens is 2. The molecular formula is C12H13N3O4. The number of fused-ring (bicyclic) bond motifs is 1. The van der Waals surface area contributed by atoms with Gasteiger partial charge in [-0.15, -0.1) is 0 Å². The molecule has 0 N–H and O–H groups in total. The number of nitro groups is 1. The first-order valence-electron chi connectivity index (χ1n) is 5.93. The molecule has 7 heteroatoms. The van der Waals surface area contributed by atoms with Gasteiger partial charge in [0.15, 0.2) is 0 Å². The molecule has 0 spiro atoms. The molecule has 100 valence electrons. The monoisotopic (exact) mass is 263 g/mol. The van der Waals surface area contributed by atoms with Crippen LogP contribution in [0.15, 0.2) is 27.8 Å². The first-order valence-corrected chi connectivity index (χ1v) is 5.93. The summed E-state index contributed by atoms with van der Waals surface area (Å²) in [5, 5.41) is 11.0. The van der Waals surface area contributed by atoms with Gasteiger partial charge in [-0.05, 0) is 19.9 Å². The van der Waals surface area contributed by atoms with E-state index in [0.29, 0.717) is 12.1 Å². The zero-order valence-corrected chi connectivity index (χ0v) is 10.6. The highest BCUT2D eigenvalue weighted by Crippen LogP contribution is 2.17. The Morgan fingerprint density at radius 3 is 2.32 bits per heavy atom. The van der Waals surface area contributed by atoms with Gasteiger partial charge in [0.25, 0.3) is 11.2 Å². The van der Waals surface area contributed by atoms with Crippen LogP contribution in [0.1, 0.15) is 13.8 Å². The summed E-state index contributed by atoms with van der Waals surface area (Å²) in [5.41, 5.74) is -0.617. The Hall–Kier alpha value is -2.44. The van der Waals surface area contributed by atoms with Crippen LogP contribution >= 0.6 is 0 Å².